The third-order valence-electron chi connectivity index (χ3n) is 4.61. The Morgan fingerprint density at radius 2 is 1.93 bits per heavy atom. The van der Waals surface area contributed by atoms with E-state index in [0.29, 0.717) is 6.54 Å². The fourth-order valence-electron chi connectivity index (χ4n) is 3.00. The van der Waals surface area contributed by atoms with Gasteiger partial charge in [-0.05, 0) is 35.7 Å². The molecule has 0 radical (unpaired) electrons. The quantitative estimate of drug-likeness (QED) is 0.652. The monoisotopic (exact) mass is 366 g/mol. The number of guanidine groups is 1. The molecule has 1 aliphatic rings. The molecular weight excluding hydrogens is 340 g/mol. The number of nitrogens with one attached hydrogen (secondary N) is 1. The summed E-state index contributed by atoms with van der Waals surface area (Å²) < 4.78 is 5.20. The zero-order valence-corrected chi connectivity index (χ0v) is 16.1. The number of anilines is 1. The molecule has 142 valence electrons. The van der Waals surface area contributed by atoms with Gasteiger partial charge in [-0.2, -0.15) is 0 Å². The molecule has 27 heavy (non-hydrogen) atoms. The van der Waals surface area contributed by atoms with E-state index in [9.17, 15) is 4.79 Å². The highest BCUT2D eigenvalue weighted by molar-refractivity contribution is 5.99. The summed E-state index contributed by atoms with van der Waals surface area (Å²) in [6, 6.07) is 16.2. The summed E-state index contributed by atoms with van der Waals surface area (Å²) in [4.78, 5) is 20.5. The minimum absolute atomic E-state index is 0.0135. The number of hydrogen-bond acceptors (Lipinski definition) is 3. The smallest absolute Gasteiger partial charge is 0.241 e. The number of carbonyl (C=O) groups is 1. The molecule has 1 N–H and O–H groups in total. The molecule has 0 atom stereocenters. The summed E-state index contributed by atoms with van der Waals surface area (Å²) >= 11 is 0. The second-order valence-corrected chi connectivity index (χ2v) is 6.66. The number of benzene rings is 2. The Kier molecular flexibility index (Phi) is 5.96. The van der Waals surface area contributed by atoms with Crippen molar-refractivity contribution in [2.75, 3.05) is 39.2 Å². The number of nitrogens with zero attached hydrogens (tertiary/aromatic N) is 3. The van der Waals surface area contributed by atoms with Gasteiger partial charge in [-0.3, -0.25) is 4.79 Å². The van der Waals surface area contributed by atoms with Crippen molar-refractivity contribution in [2.45, 2.75) is 13.0 Å². The van der Waals surface area contributed by atoms with Crippen LogP contribution in [0.2, 0.25) is 0 Å². The lowest BCUT2D eigenvalue weighted by atomic mass is 10.2. The summed E-state index contributed by atoms with van der Waals surface area (Å²) in [5.74, 6) is 1.57. The first-order chi connectivity index (χ1) is 13.1. The number of hydrogen-bond donors (Lipinski definition) is 1. The van der Waals surface area contributed by atoms with Gasteiger partial charge in [0.15, 0.2) is 5.96 Å². The Morgan fingerprint density at radius 3 is 2.63 bits per heavy atom. The zero-order chi connectivity index (χ0) is 19.2. The molecule has 2 aromatic rings. The molecule has 1 aliphatic heterocycles. The van der Waals surface area contributed by atoms with Crippen LogP contribution >= 0.6 is 0 Å². The van der Waals surface area contributed by atoms with Crippen molar-refractivity contribution < 1.29 is 9.53 Å². The number of aliphatic imine (C=N–C) groups is 1. The van der Waals surface area contributed by atoms with Crippen LogP contribution in [0.5, 0.6) is 5.75 Å². The van der Waals surface area contributed by atoms with Gasteiger partial charge in [-0.25, -0.2) is 4.99 Å². The summed E-state index contributed by atoms with van der Waals surface area (Å²) in [6.07, 6.45) is 0.973. The number of fused-ring (bicyclic) bond motifs is 1. The Labute approximate surface area is 160 Å². The molecule has 0 aromatic heterocycles. The van der Waals surface area contributed by atoms with E-state index < -0.39 is 0 Å². The molecule has 0 saturated carbocycles. The normalized spacial score (nSPS) is 13.3. The van der Waals surface area contributed by atoms with Gasteiger partial charge in [0.1, 0.15) is 5.75 Å². The summed E-state index contributed by atoms with van der Waals surface area (Å²) in [6.45, 7) is 1.60. The fraction of sp³-hybridized carbons (Fsp3) is 0.333. The molecule has 0 spiro atoms. The van der Waals surface area contributed by atoms with Crippen LogP contribution in [0.25, 0.3) is 0 Å². The van der Waals surface area contributed by atoms with E-state index in [-0.39, 0.29) is 12.5 Å². The lowest BCUT2D eigenvalue weighted by molar-refractivity contribution is -0.127. The Bertz CT molecular complexity index is 815. The maximum atomic E-state index is 12.0. The maximum absolute atomic E-state index is 12.0. The zero-order valence-electron chi connectivity index (χ0n) is 16.1. The highest BCUT2D eigenvalue weighted by atomic mass is 16.5. The van der Waals surface area contributed by atoms with E-state index in [0.717, 1.165) is 35.9 Å². The maximum Gasteiger partial charge on any atom is 0.241 e. The standard InChI is InChI=1S/C21H26N4O2/c1-24(2)20(26)15-23-21(22-14-16-8-10-18(27-3)11-9-16)25-13-12-17-6-4-5-7-19(17)25/h4-11H,12-15H2,1-3H3,(H,22,23). The molecular formula is C21H26N4O2. The van der Waals surface area contributed by atoms with Crippen LogP contribution in [0.1, 0.15) is 11.1 Å². The van der Waals surface area contributed by atoms with Crippen molar-refractivity contribution >= 4 is 17.6 Å². The van der Waals surface area contributed by atoms with Gasteiger partial charge in [-0.15, -0.1) is 0 Å². The third-order valence-corrected chi connectivity index (χ3v) is 4.61. The first-order valence-electron chi connectivity index (χ1n) is 9.05. The molecule has 0 saturated heterocycles. The predicted molar refractivity (Wildman–Crippen MR) is 108 cm³/mol. The van der Waals surface area contributed by atoms with E-state index in [2.05, 4.69) is 28.4 Å². The molecule has 1 amide bonds. The van der Waals surface area contributed by atoms with E-state index in [1.807, 2.05) is 30.3 Å². The summed E-state index contributed by atoms with van der Waals surface area (Å²) in [5, 5.41) is 3.24. The van der Waals surface area contributed by atoms with Gasteiger partial charge in [0, 0.05) is 26.3 Å². The molecule has 0 aliphatic carbocycles. The van der Waals surface area contributed by atoms with E-state index in [1.54, 1.807) is 26.1 Å². The van der Waals surface area contributed by atoms with E-state index in [1.165, 1.54) is 5.56 Å². The molecule has 3 rings (SSSR count). The Morgan fingerprint density at radius 1 is 1.19 bits per heavy atom. The molecule has 0 bridgehead atoms. The lowest BCUT2D eigenvalue weighted by Gasteiger charge is -2.23. The van der Waals surface area contributed by atoms with Crippen molar-refractivity contribution in [2.24, 2.45) is 4.99 Å². The molecule has 6 nitrogen and oxygen atoms in total. The molecule has 1 heterocycles. The summed E-state index contributed by atoms with van der Waals surface area (Å²) in [7, 11) is 5.16. The number of amides is 1. The number of para-hydroxylation sites is 1. The molecule has 0 unspecified atom stereocenters. The SMILES string of the molecule is COc1ccc(CN=C(NCC(=O)N(C)C)N2CCc3ccccc32)cc1. The average Bonchev–Trinajstić information content (AvgIpc) is 3.12. The number of likely N-dealkylation sites (N-methyl/N-ethyl adjacent to an activating group) is 1. The number of ether oxygens (including phenoxy) is 1. The molecule has 0 fully saturated rings. The average molecular weight is 366 g/mol. The number of methoxy groups -OCH3 is 1. The molecule has 2 aromatic carbocycles. The highest BCUT2D eigenvalue weighted by Crippen LogP contribution is 2.27. The van der Waals surface area contributed by atoms with Crippen LogP contribution in [0.4, 0.5) is 5.69 Å². The van der Waals surface area contributed by atoms with Gasteiger partial charge in [0.05, 0.1) is 20.2 Å². The van der Waals surface area contributed by atoms with E-state index in [4.69, 9.17) is 9.73 Å². The topological polar surface area (TPSA) is 57.2 Å². The van der Waals surface area contributed by atoms with Crippen LogP contribution in [-0.2, 0) is 17.8 Å². The van der Waals surface area contributed by atoms with Gasteiger partial charge in [0.25, 0.3) is 0 Å². The molecule has 6 heteroatoms. The second-order valence-electron chi connectivity index (χ2n) is 6.66. The van der Waals surface area contributed by atoms with Crippen molar-refractivity contribution in [1.29, 1.82) is 0 Å². The van der Waals surface area contributed by atoms with Gasteiger partial charge >= 0.3 is 0 Å². The van der Waals surface area contributed by atoms with Crippen LogP contribution in [0, 0.1) is 0 Å². The first kappa shape index (κ1) is 18.8. The first-order valence-corrected chi connectivity index (χ1v) is 9.05. The van der Waals surface area contributed by atoms with Crippen molar-refractivity contribution in [3.63, 3.8) is 0 Å². The fourth-order valence-corrected chi connectivity index (χ4v) is 3.00. The van der Waals surface area contributed by atoms with Gasteiger partial charge in [0.2, 0.25) is 5.91 Å². The third kappa shape index (κ3) is 4.58. The predicted octanol–water partition coefficient (Wildman–Crippen LogP) is 2.29. The minimum Gasteiger partial charge on any atom is -0.497 e. The van der Waals surface area contributed by atoms with E-state index >= 15 is 0 Å². The Balaban J connectivity index is 1.79. The summed E-state index contributed by atoms with van der Waals surface area (Å²) in [5.41, 5.74) is 3.53. The highest BCUT2D eigenvalue weighted by Gasteiger charge is 2.23. The van der Waals surface area contributed by atoms with Crippen LogP contribution < -0.4 is 15.0 Å². The second kappa shape index (κ2) is 8.58. The van der Waals surface area contributed by atoms with Gasteiger partial charge in [-0.1, -0.05) is 30.3 Å². The Hall–Kier alpha value is -3.02. The van der Waals surface area contributed by atoms with Crippen molar-refractivity contribution in [3.8, 4) is 5.75 Å². The van der Waals surface area contributed by atoms with Crippen LogP contribution in [0.3, 0.4) is 0 Å². The van der Waals surface area contributed by atoms with Crippen LogP contribution in [0.15, 0.2) is 53.5 Å². The lowest BCUT2D eigenvalue weighted by Crippen LogP contribution is -2.45. The van der Waals surface area contributed by atoms with Crippen molar-refractivity contribution in [1.82, 2.24) is 10.2 Å². The van der Waals surface area contributed by atoms with Gasteiger partial charge < -0.3 is 19.9 Å². The minimum atomic E-state index is 0.0135. The largest absolute Gasteiger partial charge is 0.497 e. The van der Waals surface area contributed by atoms with Crippen molar-refractivity contribution in [3.05, 3.63) is 59.7 Å². The number of carbonyl (C=O) groups excluding carboxylic acids is 1. The van der Waals surface area contributed by atoms with Crippen LogP contribution in [-0.4, -0.2) is 51.1 Å². The number of rotatable bonds is 5.